The molecule has 1 aromatic carbocycles. The van der Waals surface area contributed by atoms with Gasteiger partial charge in [0.1, 0.15) is 17.0 Å². The third-order valence-electron chi connectivity index (χ3n) is 4.99. The van der Waals surface area contributed by atoms with Crippen molar-refractivity contribution in [3.63, 3.8) is 0 Å². The van der Waals surface area contributed by atoms with Crippen LogP contribution in [0.2, 0.25) is 0 Å². The van der Waals surface area contributed by atoms with Crippen LogP contribution in [0.4, 0.5) is 5.82 Å². The molecule has 0 saturated carbocycles. The molecule has 0 spiro atoms. The number of nitrogens with zero attached hydrogens (tertiary/aromatic N) is 2. The van der Waals surface area contributed by atoms with Gasteiger partial charge in [0, 0.05) is 11.4 Å². The molecule has 1 aliphatic carbocycles. The van der Waals surface area contributed by atoms with Gasteiger partial charge in [-0.15, -0.1) is 11.3 Å². The Morgan fingerprint density at radius 1 is 1.24 bits per heavy atom. The van der Waals surface area contributed by atoms with E-state index in [1.165, 1.54) is 22.2 Å². The fourth-order valence-electron chi connectivity index (χ4n) is 3.65. The van der Waals surface area contributed by atoms with Crippen LogP contribution in [-0.4, -0.2) is 16.8 Å². The molecule has 0 unspecified atom stereocenters. The zero-order valence-electron chi connectivity index (χ0n) is 14.0. The van der Waals surface area contributed by atoms with E-state index in [0.717, 1.165) is 46.5 Å². The average Bonchev–Trinajstić information content (AvgIpc) is 3.22. The first-order valence-electron chi connectivity index (χ1n) is 8.65. The minimum Gasteiger partial charge on any atom is -0.454 e. The molecule has 0 fully saturated rings. The van der Waals surface area contributed by atoms with Crippen molar-refractivity contribution in [2.75, 3.05) is 12.1 Å². The minimum absolute atomic E-state index is 0.304. The summed E-state index contributed by atoms with van der Waals surface area (Å²) in [6.45, 7) is 3.33. The van der Waals surface area contributed by atoms with Crippen LogP contribution < -0.4 is 14.8 Å². The zero-order chi connectivity index (χ0) is 16.8. The molecule has 5 nitrogen and oxygen atoms in total. The SMILES string of the molecule is C[C@@H]1CCc2c(sc3ncnc(NCc4ccc5c(c4)OCO5)c23)C1. The maximum absolute atomic E-state index is 5.46. The number of thiophene rings is 1. The summed E-state index contributed by atoms with van der Waals surface area (Å²) in [5.74, 6) is 3.33. The van der Waals surface area contributed by atoms with Gasteiger partial charge in [0.25, 0.3) is 0 Å². The van der Waals surface area contributed by atoms with E-state index in [0.29, 0.717) is 13.3 Å². The van der Waals surface area contributed by atoms with Crippen LogP contribution in [-0.2, 0) is 19.4 Å². The Labute approximate surface area is 150 Å². The number of fused-ring (bicyclic) bond motifs is 4. The largest absolute Gasteiger partial charge is 0.454 e. The van der Waals surface area contributed by atoms with Crippen LogP contribution in [0.1, 0.15) is 29.3 Å². The van der Waals surface area contributed by atoms with Crippen molar-refractivity contribution in [3.05, 3.63) is 40.5 Å². The molecular weight excluding hydrogens is 334 g/mol. The molecule has 0 radical (unpaired) electrons. The zero-order valence-corrected chi connectivity index (χ0v) is 14.9. The van der Waals surface area contributed by atoms with Crippen molar-refractivity contribution in [1.29, 1.82) is 0 Å². The number of hydrogen-bond acceptors (Lipinski definition) is 6. The Morgan fingerprint density at radius 2 is 2.16 bits per heavy atom. The standard InChI is InChI=1S/C19H19N3O2S/c1-11-2-4-13-16(6-11)25-19-17(13)18(21-9-22-19)20-8-12-3-5-14-15(7-12)24-10-23-14/h3,5,7,9,11H,2,4,6,8,10H2,1H3,(H,20,21,22)/t11-/m1/s1. The average molecular weight is 353 g/mol. The van der Waals surface area contributed by atoms with Gasteiger partial charge in [-0.2, -0.15) is 0 Å². The summed E-state index contributed by atoms with van der Waals surface area (Å²) in [6.07, 6.45) is 5.20. The predicted molar refractivity (Wildman–Crippen MR) is 98.5 cm³/mol. The van der Waals surface area contributed by atoms with Gasteiger partial charge >= 0.3 is 0 Å². The molecule has 3 aromatic rings. The number of anilines is 1. The van der Waals surface area contributed by atoms with Crippen molar-refractivity contribution < 1.29 is 9.47 Å². The van der Waals surface area contributed by atoms with Gasteiger partial charge in [0.05, 0.1) is 5.39 Å². The molecule has 0 amide bonds. The lowest BCUT2D eigenvalue weighted by Crippen LogP contribution is -2.09. The molecule has 1 N–H and O–H groups in total. The summed E-state index contributed by atoms with van der Waals surface area (Å²) in [4.78, 5) is 11.6. The summed E-state index contributed by atoms with van der Waals surface area (Å²) < 4.78 is 10.8. The van der Waals surface area contributed by atoms with E-state index in [1.54, 1.807) is 6.33 Å². The van der Waals surface area contributed by atoms with Crippen LogP contribution in [0.25, 0.3) is 10.2 Å². The Balaban J connectivity index is 1.45. The van der Waals surface area contributed by atoms with Crippen LogP contribution in [0, 0.1) is 5.92 Å². The summed E-state index contributed by atoms with van der Waals surface area (Å²) in [5, 5.41) is 4.72. The monoisotopic (exact) mass is 353 g/mol. The van der Waals surface area contributed by atoms with Crippen molar-refractivity contribution >= 4 is 27.4 Å². The highest BCUT2D eigenvalue weighted by atomic mass is 32.1. The Kier molecular flexibility index (Phi) is 3.52. The number of aryl methyl sites for hydroxylation is 1. The first kappa shape index (κ1) is 15.0. The number of nitrogens with one attached hydrogen (secondary N) is 1. The first-order chi connectivity index (χ1) is 12.3. The van der Waals surface area contributed by atoms with Crippen molar-refractivity contribution in [2.24, 2.45) is 5.92 Å². The lowest BCUT2D eigenvalue weighted by Gasteiger charge is -2.18. The number of hydrogen-bond donors (Lipinski definition) is 1. The third kappa shape index (κ3) is 2.61. The molecule has 2 aliphatic rings. The van der Waals surface area contributed by atoms with Crippen LogP contribution >= 0.6 is 11.3 Å². The Hall–Kier alpha value is -2.34. The Morgan fingerprint density at radius 3 is 3.12 bits per heavy atom. The number of aromatic nitrogens is 2. The summed E-state index contributed by atoms with van der Waals surface area (Å²) in [6, 6.07) is 6.05. The molecule has 5 rings (SSSR count). The van der Waals surface area contributed by atoms with E-state index in [9.17, 15) is 0 Å². The lowest BCUT2D eigenvalue weighted by molar-refractivity contribution is 0.174. The molecule has 6 heteroatoms. The first-order valence-corrected chi connectivity index (χ1v) is 9.47. The molecule has 0 saturated heterocycles. The second kappa shape index (κ2) is 5.88. The van der Waals surface area contributed by atoms with E-state index in [1.807, 2.05) is 23.5 Å². The number of rotatable bonds is 3. The normalized spacial score (nSPS) is 18.4. The maximum atomic E-state index is 5.46. The third-order valence-corrected chi connectivity index (χ3v) is 6.15. The summed E-state index contributed by atoms with van der Waals surface area (Å²) in [5.41, 5.74) is 2.60. The number of ether oxygens (including phenoxy) is 2. The fraction of sp³-hybridized carbons (Fsp3) is 0.368. The summed E-state index contributed by atoms with van der Waals surface area (Å²) >= 11 is 1.83. The fourth-order valence-corrected chi connectivity index (χ4v) is 5.00. The van der Waals surface area contributed by atoms with E-state index in [4.69, 9.17) is 9.47 Å². The lowest BCUT2D eigenvalue weighted by atomic mass is 9.89. The highest BCUT2D eigenvalue weighted by Crippen LogP contribution is 2.40. The second-order valence-corrected chi connectivity index (χ2v) is 7.88. The van der Waals surface area contributed by atoms with Crippen molar-refractivity contribution in [1.82, 2.24) is 9.97 Å². The highest BCUT2D eigenvalue weighted by molar-refractivity contribution is 7.19. The van der Waals surface area contributed by atoms with E-state index < -0.39 is 0 Å². The molecular formula is C19H19N3O2S. The molecule has 3 heterocycles. The molecule has 2 aromatic heterocycles. The predicted octanol–water partition coefficient (Wildman–Crippen LogP) is 4.16. The van der Waals surface area contributed by atoms with E-state index in [-0.39, 0.29) is 0 Å². The molecule has 1 atom stereocenters. The van der Waals surface area contributed by atoms with Crippen molar-refractivity contribution in [3.8, 4) is 11.5 Å². The van der Waals surface area contributed by atoms with Crippen LogP contribution in [0.15, 0.2) is 24.5 Å². The van der Waals surface area contributed by atoms with Gasteiger partial charge < -0.3 is 14.8 Å². The van der Waals surface area contributed by atoms with Crippen LogP contribution in [0.5, 0.6) is 11.5 Å². The molecule has 25 heavy (non-hydrogen) atoms. The summed E-state index contributed by atoms with van der Waals surface area (Å²) in [7, 11) is 0. The quantitative estimate of drug-likeness (QED) is 0.766. The Bertz CT molecular complexity index is 953. The van der Waals surface area contributed by atoms with Gasteiger partial charge in [-0.3, -0.25) is 0 Å². The molecule has 0 bridgehead atoms. The maximum Gasteiger partial charge on any atom is 0.231 e. The van der Waals surface area contributed by atoms with Gasteiger partial charge in [0.15, 0.2) is 11.5 Å². The van der Waals surface area contributed by atoms with Crippen molar-refractivity contribution in [2.45, 2.75) is 32.7 Å². The molecule has 128 valence electrons. The molecule has 1 aliphatic heterocycles. The highest BCUT2D eigenvalue weighted by Gasteiger charge is 2.23. The topological polar surface area (TPSA) is 56.3 Å². The van der Waals surface area contributed by atoms with Gasteiger partial charge in [-0.05, 0) is 48.4 Å². The van der Waals surface area contributed by atoms with Gasteiger partial charge in [-0.25, -0.2) is 9.97 Å². The van der Waals surface area contributed by atoms with Gasteiger partial charge in [0.2, 0.25) is 6.79 Å². The smallest absolute Gasteiger partial charge is 0.231 e. The van der Waals surface area contributed by atoms with E-state index >= 15 is 0 Å². The minimum atomic E-state index is 0.304. The number of benzene rings is 1. The second-order valence-electron chi connectivity index (χ2n) is 6.80. The van der Waals surface area contributed by atoms with Gasteiger partial charge in [-0.1, -0.05) is 13.0 Å². The van der Waals surface area contributed by atoms with Crippen LogP contribution in [0.3, 0.4) is 0 Å². The van der Waals surface area contributed by atoms with E-state index in [2.05, 4.69) is 28.3 Å².